The average Bonchev–Trinajstić information content (AvgIpc) is 3.20. The van der Waals surface area contributed by atoms with Crippen LogP contribution in [0.5, 0.6) is 0 Å². The van der Waals surface area contributed by atoms with Crippen LogP contribution in [0.15, 0.2) is 78.0 Å². The molecule has 0 saturated heterocycles. The molecule has 156 valence electrons. The molecule has 1 N–H and O–H groups in total. The molecule has 1 amide bonds. The number of nitrogens with zero attached hydrogens (tertiary/aromatic N) is 3. The molecule has 0 aliphatic rings. The summed E-state index contributed by atoms with van der Waals surface area (Å²) in [7, 11) is 0. The molecule has 0 saturated carbocycles. The zero-order valence-corrected chi connectivity index (χ0v) is 18.7. The van der Waals surface area contributed by atoms with E-state index in [1.54, 1.807) is 0 Å². The van der Waals surface area contributed by atoms with E-state index in [4.69, 9.17) is 11.6 Å². The Labute approximate surface area is 190 Å². The van der Waals surface area contributed by atoms with Gasteiger partial charge in [-0.05, 0) is 67.4 Å². The lowest BCUT2D eigenvalue weighted by molar-refractivity contribution is -0.113. The predicted molar refractivity (Wildman–Crippen MR) is 127 cm³/mol. The van der Waals surface area contributed by atoms with Crippen LogP contribution in [-0.4, -0.2) is 26.4 Å². The highest BCUT2D eigenvalue weighted by atomic mass is 35.5. The number of para-hydroxylation sites is 1. The van der Waals surface area contributed by atoms with E-state index in [2.05, 4.69) is 15.5 Å². The monoisotopic (exact) mass is 448 g/mol. The lowest BCUT2D eigenvalue weighted by Crippen LogP contribution is -2.15. The van der Waals surface area contributed by atoms with Crippen LogP contribution in [0.3, 0.4) is 0 Å². The van der Waals surface area contributed by atoms with E-state index in [0.29, 0.717) is 16.0 Å². The standard InChI is InChI=1S/C24H21ClN4OS/c1-16-8-9-17(2)21(14-16)26-22(30)15-31-24-28-27-23(18-10-12-19(25)13-11-18)29(24)20-6-4-3-5-7-20/h3-14H,15H2,1-2H3,(H,26,30). The van der Waals surface area contributed by atoms with Crippen LogP contribution in [0.2, 0.25) is 5.02 Å². The number of anilines is 1. The van der Waals surface area contributed by atoms with E-state index in [0.717, 1.165) is 28.1 Å². The zero-order chi connectivity index (χ0) is 21.8. The second-order valence-electron chi connectivity index (χ2n) is 7.14. The molecule has 31 heavy (non-hydrogen) atoms. The van der Waals surface area contributed by atoms with Crippen molar-refractivity contribution in [2.24, 2.45) is 0 Å². The summed E-state index contributed by atoms with van der Waals surface area (Å²) in [4.78, 5) is 12.6. The van der Waals surface area contributed by atoms with Crippen molar-refractivity contribution in [2.45, 2.75) is 19.0 Å². The summed E-state index contributed by atoms with van der Waals surface area (Å²) in [5.74, 6) is 0.827. The third-order valence-electron chi connectivity index (χ3n) is 4.75. The Kier molecular flexibility index (Phi) is 6.39. The SMILES string of the molecule is Cc1ccc(C)c(NC(=O)CSc2nnc(-c3ccc(Cl)cc3)n2-c2ccccc2)c1. The molecule has 5 nitrogen and oxygen atoms in total. The summed E-state index contributed by atoms with van der Waals surface area (Å²) in [6.45, 7) is 3.98. The highest BCUT2D eigenvalue weighted by Gasteiger charge is 2.17. The van der Waals surface area contributed by atoms with Crippen molar-refractivity contribution in [1.82, 2.24) is 14.8 Å². The van der Waals surface area contributed by atoms with Gasteiger partial charge in [0.1, 0.15) is 0 Å². The van der Waals surface area contributed by atoms with Crippen molar-refractivity contribution in [3.8, 4) is 17.1 Å². The van der Waals surface area contributed by atoms with Crippen LogP contribution in [0.25, 0.3) is 17.1 Å². The summed E-state index contributed by atoms with van der Waals surface area (Å²) in [6, 6.07) is 23.3. The normalized spacial score (nSPS) is 10.8. The van der Waals surface area contributed by atoms with Crippen molar-refractivity contribution in [3.05, 3.63) is 88.9 Å². The third kappa shape index (κ3) is 4.98. The molecule has 7 heteroatoms. The molecular formula is C24H21ClN4OS. The minimum Gasteiger partial charge on any atom is -0.325 e. The molecule has 1 heterocycles. The zero-order valence-electron chi connectivity index (χ0n) is 17.2. The number of carbonyl (C=O) groups excluding carboxylic acids is 1. The Bertz CT molecular complexity index is 1210. The van der Waals surface area contributed by atoms with Gasteiger partial charge in [0.15, 0.2) is 11.0 Å². The first-order chi connectivity index (χ1) is 15.0. The number of aryl methyl sites for hydroxylation is 2. The first kappa shape index (κ1) is 21.2. The summed E-state index contributed by atoms with van der Waals surface area (Å²) < 4.78 is 1.96. The maximum Gasteiger partial charge on any atom is 0.234 e. The molecule has 0 bridgehead atoms. The fraction of sp³-hybridized carbons (Fsp3) is 0.125. The lowest BCUT2D eigenvalue weighted by atomic mass is 10.1. The molecule has 1 aromatic heterocycles. The molecular weight excluding hydrogens is 428 g/mol. The quantitative estimate of drug-likeness (QED) is 0.371. The predicted octanol–water partition coefficient (Wildman–Crippen LogP) is 5.94. The van der Waals surface area contributed by atoms with Gasteiger partial charge in [-0.2, -0.15) is 0 Å². The van der Waals surface area contributed by atoms with Gasteiger partial charge in [0, 0.05) is 22.0 Å². The minimum atomic E-state index is -0.0886. The first-order valence-corrected chi connectivity index (χ1v) is 11.1. The summed E-state index contributed by atoms with van der Waals surface area (Å²) >= 11 is 7.39. The van der Waals surface area contributed by atoms with Crippen molar-refractivity contribution in [1.29, 1.82) is 0 Å². The van der Waals surface area contributed by atoms with Gasteiger partial charge in [0.05, 0.1) is 5.75 Å². The number of rotatable bonds is 6. The first-order valence-electron chi connectivity index (χ1n) is 9.78. The fourth-order valence-electron chi connectivity index (χ4n) is 3.15. The van der Waals surface area contributed by atoms with Crippen LogP contribution >= 0.6 is 23.4 Å². The van der Waals surface area contributed by atoms with Crippen LogP contribution < -0.4 is 5.32 Å². The number of nitrogens with one attached hydrogen (secondary N) is 1. The van der Waals surface area contributed by atoms with Crippen LogP contribution in [0.4, 0.5) is 5.69 Å². The maximum atomic E-state index is 12.6. The maximum absolute atomic E-state index is 12.6. The van der Waals surface area contributed by atoms with Crippen molar-refractivity contribution in [3.63, 3.8) is 0 Å². The van der Waals surface area contributed by atoms with Gasteiger partial charge in [-0.25, -0.2) is 0 Å². The fourth-order valence-corrected chi connectivity index (χ4v) is 4.02. The Morgan fingerprint density at radius 2 is 1.74 bits per heavy atom. The Hall–Kier alpha value is -3.09. The number of thioether (sulfide) groups is 1. The van der Waals surface area contributed by atoms with Gasteiger partial charge in [0.2, 0.25) is 5.91 Å². The van der Waals surface area contributed by atoms with E-state index in [1.807, 2.05) is 91.2 Å². The van der Waals surface area contributed by atoms with Gasteiger partial charge in [-0.3, -0.25) is 9.36 Å². The van der Waals surface area contributed by atoms with E-state index in [1.165, 1.54) is 11.8 Å². The third-order valence-corrected chi connectivity index (χ3v) is 5.93. The number of amides is 1. The summed E-state index contributed by atoms with van der Waals surface area (Å²) in [5.41, 5.74) is 4.78. The van der Waals surface area contributed by atoms with Crippen molar-refractivity contribution >= 4 is 35.0 Å². The molecule has 3 aromatic carbocycles. The van der Waals surface area contributed by atoms with Gasteiger partial charge in [-0.1, -0.05) is 53.7 Å². The Morgan fingerprint density at radius 3 is 2.48 bits per heavy atom. The molecule has 0 atom stereocenters. The number of hydrogen-bond acceptors (Lipinski definition) is 4. The summed E-state index contributed by atoms with van der Waals surface area (Å²) in [5, 5.41) is 13.1. The average molecular weight is 449 g/mol. The van der Waals surface area contributed by atoms with E-state index in [9.17, 15) is 4.79 Å². The molecule has 0 fully saturated rings. The number of aromatic nitrogens is 3. The number of hydrogen-bond donors (Lipinski definition) is 1. The van der Waals surface area contributed by atoms with E-state index < -0.39 is 0 Å². The lowest BCUT2D eigenvalue weighted by Gasteiger charge is -2.11. The Balaban J connectivity index is 1.59. The van der Waals surface area contributed by atoms with Gasteiger partial charge in [-0.15, -0.1) is 10.2 Å². The van der Waals surface area contributed by atoms with Crippen molar-refractivity contribution < 1.29 is 4.79 Å². The molecule has 0 aliphatic carbocycles. The van der Waals surface area contributed by atoms with Gasteiger partial charge < -0.3 is 5.32 Å². The minimum absolute atomic E-state index is 0.0886. The highest BCUT2D eigenvalue weighted by molar-refractivity contribution is 7.99. The molecule has 4 rings (SSSR count). The van der Waals surface area contributed by atoms with Crippen LogP contribution in [0.1, 0.15) is 11.1 Å². The number of benzene rings is 3. The Morgan fingerprint density at radius 1 is 1.00 bits per heavy atom. The number of halogens is 1. The molecule has 0 aliphatic heterocycles. The van der Waals surface area contributed by atoms with Gasteiger partial charge in [0.25, 0.3) is 0 Å². The number of carbonyl (C=O) groups is 1. The largest absolute Gasteiger partial charge is 0.325 e. The van der Waals surface area contributed by atoms with Gasteiger partial charge >= 0.3 is 0 Å². The molecule has 4 aromatic rings. The molecule has 0 spiro atoms. The second kappa shape index (κ2) is 9.37. The van der Waals surface area contributed by atoms with Crippen LogP contribution in [0, 0.1) is 13.8 Å². The molecule has 0 unspecified atom stereocenters. The van der Waals surface area contributed by atoms with E-state index >= 15 is 0 Å². The van der Waals surface area contributed by atoms with E-state index in [-0.39, 0.29) is 11.7 Å². The van der Waals surface area contributed by atoms with Crippen LogP contribution in [-0.2, 0) is 4.79 Å². The molecule has 0 radical (unpaired) electrons. The van der Waals surface area contributed by atoms with Crippen molar-refractivity contribution in [2.75, 3.05) is 11.1 Å². The second-order valence-corrected chi connectivity index (χ2v) is 8.52. The topological polar surface area (TPSA) is 59.8 Å². The summed E-state index contributed by atoms with van der Waals surface area (Å²) in [6.07, 6.45) is 0. The highest BCUT2D eigenvalue weighted by Crippen LogP contribution is 2.29. The smallest absolute Gasteiger partial charge is 0.234 e.